The fourth-order valence-electron chi connectivity index (χ4n) is 6.33. The van der Waals surface area contributed by atoms with Gasteiger partial charge >= 0.3 is 6.18 Å². The molecule has 0 radical (unpaired) electrons. The summed E-state index contributed by atoms with van der Waals surface area (Å²) in [6, 6.07) is 21.8. The van der Waals surface area contributed by atoms with Crippen molar-refractivity contribution in [2.45, 2.75) is 13.1 Å². The summed E-state index contributed by atoms with van der Waals surface area (Å²) in [4.78, 5) is 8.13. The Morgan fingerprint density at radius 1 is 0.646 bits per heavy atom. The van der Waals surface area contributed by atoms with Crippen LogP contribution < -0.4 is 0 Å². The summed E-state index contributed by atoms with van der Waals surface area (Å²) in [5.74, 6) is -1.75. The highest BCUT2D eigenvalue weighted by Gasteiger charge is 2.40. The second kappa shape index (κ2) is 10.9. The smallest absolute Gasteiger partial charge is 0.226 e. The van der Waals surface area contributed by atoms with E-state index in [1.807, 2.05) is 30.3 Å². The number of nitrogens with zero attached hydrogens (tertiary/aromatic N) is 4. The maximum atomic E-state index is 14.1. The maximum Gasteiger partial charge on any atom is 0.419 e. The quantitative estimate of drug-likeness (QED) is 0.106. The van der Waals surface area contributed by atoms with E-state index in [9.17, 15) is 32.5 Å². The average molecular weight is 655 g/mol. The molecule has 0 bridgehead atoms. The number of allylic oxidation sites excluding steroid dienone is 2. The molecule has 4 nitrogen and oxygen atoms in total. The summed E-state index contributed by atoms with van der Waals surface area (Å²) in [6.45, 7) is 17.2. The van der Waals surface area contributed by atoms with Gasteiger partial charge in [-0.3, -0.25) is 0 Å². The largest absolute Gasteiger partial charge is 0.419 e. The van der Waals surface area contributed by atoms with Crippen LogP contribution in [0.4, 0.5) is 22.0 Å². The van der Waals surface area contributed by atoms with Crippen LogP contribution in [-0.2, 0) is 6.18 Å². The molecule has 5 aromatic rings. The van der Waals surface area contributed by atoms with Gasteiger partial charge in [0.1, 0.15) is 11.6 Å². The Morgan fingerprint density at radius 3 is 1.52 bits per heavy atom. The Bertz CT molecular complexity index is 2490. The molecule has 228 valence electrons. The highest BCUT2D eigenvalue weighted by Crippen LogP contribution is 2.62. The molecule has 0 amide bonds. The van der Waals surface area contributed by atoms with E-state index in [2.05, 4.69) is 9.69 Å². The predicted octanol–water partition coefficient (Wildman–Crippen LogP) is 11.1. The number of fused-ring (bicyclic) bond motifs is 7. The van der Waals surface area contributed by atoms with Crippen molar-refractivity contribution in [3.8, 4) is 56.6 Å². The number of alkyl halides is 3. The number of nitriles is 2. The fraction of sp³-hybridized carbons (Fsp3) is 0.0526. The third kappa shape index (κ3) is 4.43. The van der Waals surface area contributed by atoms with Gasteiger partial charge in [0.2, 0.25) is 0 Å². The van der Waals surface area contributed by atoms with E-state index in [1.165, 1.54) is 23.5 Å². The van der Waals surface area contributed by atoms with Gasteiger partial charge in [-0.25, -0.2) is 29.0 Å². The Morgan fingerprint density at radius 2 is 1.08 bits per heavy atom. The molecule has 0 saturated heterocycles. The topological polar surface area (TPSA) is 56.3 Å². The summed E-state index contributed by atoms with van der Waals surface area (Å²) in [6.07, 6.45) is -4.91. The number of thiophene rings is 1. The molecule has 0 atom stereocenters. The molecule has 0 saturated carbocycles. The lowest BCUT2D eigenvalue weighted by atomic mass is 9.93. The van der Waals surface area contributed by atoms with Crippen molar-refractivity contribution in [2.24, 2.45) is 0 Å². The van der Waals surface area contributed by atoms with E-state index in [4.69, 9.17) is 13.1 Å². The number of hydrogen-bond donors (Lipinski definition) is 0. The van der Waals surface area contributed by atoms with Crippen LogP contribution in [0, 0.1) is 54.4 Å². The summed E-state index contributed by atoms with van der Waals surface area (Å²) in [5.41, 5.74) is 5.03. The SMILES string of the molecule is [C-]#[N+]/C(C#N)=C1/c2cc(-c3ccc(F)c(C(F)(F)F)c3)ccc2-c2c1sc1c2-c2ccc(-c3ccc(F)c(C)c3)cc2/C1=C(/C#N)[N+]#[C-]. The maximum absolute atomic E-state index is 14.1. The molecule has 10 heteroatoms. The first-order valence-corrected chi connectivity index (χ1v) is 15.0. The highest BCUT2D eigenvalue weighted by molar-refractivity contribution is 7.16. The van der Waals surface area contributed by atoms with Crippen LogP contribution >= 0.6 is 11.3 Å². The van der Waals surface area contributed by atoms with Gasteiger partial charge in [-0.15, -0.1) is 11.3 Å². The van der Waals surface area contributed by atoms with Gasteiger partial charge in [-0.05, 0) is 93.4 Å². The van der Waals surface area contributed by atoms with Gasteiger partial charge in [0, 0.05) is 32.0 Å². The second-order valence-electron chi connectivity index (χ2n) is 11.1. The van der Waals surface area contributed by atoms with Crippen molar-refractivity contribution in [1.29, 1.82) is 10.5 Å². The van der Waals surface area contributed by atoms with E-state index in [1.54, 1.807) is 37.3 Å². The summed E-state index contributed by atoms with van der Waals surface area (Å²) >= 11 is 1.22. The molecular weight excluding hydrogens is 640 g/mol. The molecule has 7 rings (SSSR count). The number of aryl methyl sites for hydroxylation is 1. The Hall–Kier alpha value is -6.33. The molecule has 0 unspecified atom stereocenters. The monoisotopic (exact) mass is 654 g/mol. The number of rotatable bonds is 2. The Labute approximate surface area is 274 Å². The van der Waals surface area contributed by atoms with Crippen LogP contribution in [0.1, 0.15) is 32.0 Å². The molecule has 2 aliphatic carbocycles. The zero-order valence-electron chi connectivity index (χ0n) is 24.5. The number of halogens is 5. The van der Waals surface area contributed by atoms with Crippen molar-refractivity contribution in [1.82, 2.24) is 0 Å². The fourth-order valence-corrected chi connectivity index (χ4v) is 7.78. The zero-order chi connectivity index (χ0) is 34.1. The van der Waals surface area contributed by atoms with Gasteiger partial charge in [0.25, 0.3) is 11.4 Å². The van der Waals surface area contributed by atoms with Gasteiger partial charge in [0.15, 0.2) is 0 Å². The molecule has 4 aromatic carbocycles. The van der Waals surface area contributed by atoms with Gasteiger partial charge in [-0.2, -0.15) is 13.2 Å². The van der Waals surface area contributed by atoms with Crippen LogP contribution in [0.5, 0.6) is 0 Å². The normalized spacial score (nSPS) is 14.5. The van der Waals surface area contributed by atoms with Crippen molar-refractivity contribution < 1.29 is 22.0 Å². The van der Waals surface area contributed by atoms with Crippen LogP contribution in [0.3, 0.4) is 0 Å². The van der Waals surface area contributed by atoms with E-state index in [0.717, 1.165) is 23.3 Å². The third-order valence-corrected chi connectivity index (χ3v) is 9.71. The molecule has 1 aromatic heterocycles. The van der Waals surface area contributed by atoms with E-state index >= 15 is 0 Å². The minimum Gasteiger partial charge on any atom is -0.226 e. The van der Waals surface area contributed by atoms with Gasteiger partial charge in [0.05, 0.1) is 30.8 Å². The molecule has 48 heavy (non-hydrogen) atoms. The highest BCUT2D eigenvalue weighted by atomic mass is 32.1. The number of hydrogen-bond acceptors (Lipinski definition) is 3. The zero-order valence-corrected chi connectivity index (χ0v) is 25.3. The molecule has 0 spiro atoms. The molecule has 2 aliphatic rings. The van der Waals surface area contributed by atoms with Crippen LogP contribution in [0.25, 0.3) is 65.3 Å². The van der Waals surface area contributed by atoms with Crippen LogP contribution in [-0.4, -0.2) is 0 Å². The van der Waals surface area contributed by atoms with E-state index in [0.29, 0.717) is 59.8 Å². The van der Waals surface area contributed by atoms with Crippen molar-refractivity contribution in [3.05, 3.63) is 151 Å². The Balaban J connectivity index is 1.49. The van der Waals surface area contributed by atoms with E-state index < -0.39 is 17.6 Å². The lowest BCUT2D eigenvalue weighted by Gasteiger charge is -2.12. The minimum atomic E-state index is -4.91. The lowest BCUT2D eigenvalue weighted by Crippen LogP contribution is -2.08. The summed E-state index contributed by atoms with van der Waals surface area (Å²) < 4.78 is 68.7. The summed E-state index contributed by atoms with van der Waals surface area (Å²) in [7, 11) is 0. The van der Waals surface area contributed by atoms with Crippen molar-refractivity contribution >= 4 is 22.5 Å². The van der Waals surface area contributed by atoms with E-state index in [-0.39, 0.29) is 28.3 Å². The first-order valence-electron chi connectivity index (χ1n) is 14.1. The van der Waals surface area contributed by atoms with Crippen LogP contribution in [0.15, 0.2) is 84.2 Å². The first kappa shape index (κ1) is 30.3. The van der Waals surface area contributed by atoms with Gasteiger partial charge in [-0.1, -0.05) is 36.4 Å². The summed E-state index contributed by atoms with van der Waals surface area (Å²) in [5, 5.41) is 20.0. The molecule has 0 aliphatic heterocycles. The van der Waals surface area contributed by atoms with Crippen LogP contribution in [0.2, 0.25) is 0 Å². The first-order chi connectivity index (χ1) is 23.0. The Kier molecular flexibility index (Phi) is 6.88. The molecular formula is C38H15F5N4S. The minimum absolute atomic E-state index is 0.0996. The lowest BCUT2D eigenvalue weighted by molar-refractivity contribution is -0.139. The van der Waals surface area contributed by atoms with Gasteiger partial charge < -0.3 is 0 Å². The predicted molar refractivity (Wildman–Crippen MR) is 172 cm³/mol. The second-order valence-corrected chi connectivity index (χ2v) is 12.1. The third-order valence-electron chi connectivity index (χ3n) is 8.48. The number of benzene rings is 4. The van der Waals surface area contributed by atoms with Crippen molar-refractivity contribution in [3.63, 3.8) is 0 Å². The average Bonchev–Trinajstić information content (AvgIpc) is 3.69. The van der Waals surface area contributed by atoms with Crippen molar-refractivity contribution in [2.75, 3.05) is 0 Å². The standard InChI is InChI=1S/C38H15F5N4S/c1-18-12-19(6-10-28(18)39)20-4-8-23-25(13-20)32(30(16-44)46-2)36-34(23)35-24-9-5-21(22-7-11-29(40)27(15-22)38(41,42)43)14-26(24)33(37(35)48-36)31(17-45)47-3/h4-15H,1H3/b32-30+,33-31-. The molecule has 1 heterocycles. The molecule has 0 N–H and O–H groups in total. The molecule has 0 fully saturated rings.